The van der Waals surface area contributed by atoms with Gasteiger partial charge in [-0.2, -0.15) is 13.2 Å². The Hall–Kier alpha value is -6.09. The van der Waals surface area contributed by atoms with E-state index in [4.69, 9.17) is 10.5 Å². The summed E-state index contributed by atoms with van der Waals surface area (Å²) in [6, 6.07) is 15.0. The fourth-order valence-corrected chi connectivity index (χ4v) is 8.63. The molecule has 0 radical (unpaired) electrons. The number of benzene rings is 3. The highest BCUT2D eigenvalue weighted by Crippen LogP contribution is 2.42. The van der Waals surface area contributed by atoms with Gasteiger partial charge in [0, 0.05) is 41.3 Å². The number of hydrogen-bond donors (Lipinski definition) is 4. The van der Waals surface area contributed by atoms with Crippen LogP contribution in [0.2, 0.25) is 0 Å². The number of nitrogens with one attached hydrogen (secondary N) is 2. The molecule has 12 nitrogen and oxygen atoms in total. The lowest BCUT2D eigenvalue weighted by Gasteiger charge is -2.35. The SMILES string of the molecule is CC[C@H]1CC[C@H](C2CC=C(c3cnc(-c4ccc(CN(CC(=O)N[C@H](CCN)C(=O)O)C(=O)c5ccc(NC(=O)Cc6ccc(OC)cc6C(F)(F)F)cc5)cc4)nc3)CC2)CC1. The minimum atomic E-state index is -4.71. The van der Waals surface area contributed by atoms with Gasteiger partial charge < -0.3 is 31.1 Å². The van der Waals surface area contributed by atoms with Gasteiger partial charge in [-0.25, -0.2) is 14.8 Å². The van der Waals surface area contributed by atoms with Crippen molar-refractivity contribution in [2.75, 3.05) is 25.5 Å². The van der Waals surface area contributed by atoms with Crippen molar-refractivity contribution in [3.63, 3.8) is 0 Å². The minimum absolute atomic E-state index is 0.00230. The molecule has 2 aliphatic rings. The summed E-state index contributed by atoms with van der Waals surface area (Å²) < 4.78 is 46.0. The van der Waals surface area contributed by atoms with E-state index < -0.39 is 54.4 Å². The minimum Gasteiger partial charge on any atom is -0.497 e. The number of hydrogen-bond acceptors (Lipinski definition) is 8. The Morgan fingerprint density at radius 2 is 1.60 bits per heavy atom. The molecule has 0 aliphatic heterocycles. The van der Waals surface area contributed by atoms with E-state index in [9.17, 15) is 37.5 Å². The van der Waals surface area contributed by atoms with Gasteiger partial charge in [0.05, 0.1) is 19.1 Å². The molecule has 0 spiro atoms. The average Bonchev–Trinajstić information content (AvgIpc) is 3.29. The Bertz CT molecular complexity index is 2240. The molecule has 2 atom stereocenters. The number of carbonyl (C=O) groups excluding carboxylic acids is 3. The smallest absolute Gasteiger partial charge is 0.416 e. The van der Waals surface area contributed by atoms with Gasteiger partial charge in [0.25, 0.3) is 5.91 Å². The standard InChI is InChI=1S/C48H55F3N6O6/c1-3-30-4-8-32(9-5-30)33-12-14-34(15-13-33)38-26-53-45(54-27-38)35-10-6-31(7-11-35)28-57(29-44(59)56-42(22-23-52)47(61)62)46(60)36-16-19-39(20-17-36)55-43(58)24-37-18-21-40(63-2)25-41(37)48(49,50)51/h6-7,10-11,14,16-21,25-27,30,32-33,42H,3-5,8-9,12-13,15,22-24,28-29,52H2,1-2H3,(H,55,58)(H,56,59)(H,61,62)/t30-,32-,33?,42-/m1/s1. The molecule has 5 N–H and O–H groups in total. The van der Waals surface area contributed by atoms with Crippen LogP contribution in [0.4, 0.5) is 18.9 Å². The molecule has 1 heterocycles. The number of rotatable bonds is 17. The molecule has 15 heteroatoms. The van der Waals surface area contributed by atoms with E-state index in [1.54, 1.807) is 12.1 Å². The van der Waals surface area contributed by atoms with Crippen molar-refractivity contribution in [3.8, 4) is 17.1 Å². The van der Waals surface area contributed by atoms with Crippen LogP contribution in [0.1, 0.15) is 97.3 Å². The number of amides is 3. The van der Waals surface area contributed by atoms with Crippen LogP contribution in [-0.4, -0.2) is 69.9 Å². The second kappa shape index (κ2) is 21.3. The topological polar surface area (TPSA) is 177 Å². The number of carbonyl (C=O) groups is 4. The van der Waals surface area contributed by atoms with Crippen LogP contribution in [0, 0.1) is 17.8 Å². The zero-order valence-electron chi connectivity index (χ0n) is 35.6. The zero-order valence-corrected chi connectivity index (χ0v) is 35.6. The van der Waals surface area contributed by atoms with Crippen LogP contribution in [0.5, 0.6) is 5.75 Å². The Kier molecular flexibility index (Phi) is 15.7. The highest BCUT2D eigenvalue weighted by atomic mass is 19.4. The van der Waals surface area contributed by atoms with Gasteiger partial charge in [0.1, 0.15) is 18.3 Å². The third-order valence-corrected chi connectivity index (χ3v) is 12.3. The molecule has 1 aromatic heterocycles. The van der Waals surface area contributed by atoms with Crippen LogP contribution >= 0.6 is 0 Å². The maximum absolute atomic E-state index is 13.9. The molecule has 0 bridgehead atoms. The molecular formula is C48H55F3N6O6. The summed E-state index contributed by atoms with van der Waals surface area (Å²) in [5.41, 5.74) is 8.42. The van der Waals surface area contributed by atoms with E-state index in [1.807, 2.05) is 24.5 Å². The first kappa shape index (κ1) is 46.4. The Labute approximate surface area is 365 Å². The van der Waals surface area contributed by atoms with E-state index in [-0.39, 0.29) is 42.1 Å². The predicted octanol–water partition coefficient (Wildman–Crippen LogP) is 8.31. The van der Waals surface area contributed by atoms with Crippen LogP contribution in [-0.2, 0) is 33.5 Å². The zero-order chi connectivity index (χ0) is 45.1. The molecule has 63 heavy (non-hydrogen) atoms. The molecule has 2 aliphatic carbocycles. The maximum atomic E-state index is 13.9. The first-order valence-corrected chi connectivity index (χ1v) is 21.5. The molecule has 4 aromatic rings. The van der Waals surface area contributed by atoms with Gasteiger partial charge in [-0.3, -0.25) is 14.4 Å². The van der Waals surface area contributed by atoms with Gasteiger partial charge in [-0.1, -0.05) is 62.6 Å². The van der Waals surface area contributed by atoms with Gasteiger partial charge >= 0.3 is 12.1 Å². The summed E-state index contributed by atoms with van der Waals surface area (Å²) in [5, 5.41) is 14.6. The summed E-state index contributed by atoms with van der Waals surface area (Å²) in [6.07, 6.45) is 10.8. The second-order valence-corrected chi connectivity index (χ2v) is 16.5. The highest BCUT2D eigenvalue weighted by molar-refractivity contribution is 5.98. The highest BCUT2D eigenvalue weighted by Gasteiger charge is 2.34. The Balaban J connectivity index is 1.11. The number of methoxy groups -OCH3 is 1. The number of anilines is 1. The molecular weight excluding hydrogens is 814 g/mol. The molecule has 0 saturated heterocycles. The molecule has 334 valence electrons. The maximum Gasteiger partial charge on any atom is 0.416 e. The quantitative estimate of drug-likeness (QED) is 0.0813. The fraction of sp³-hybridized carbons (Fsp3) is 0.417. The summed E-state index contributed by atoms with van der Waals surface area (Å²) in [6.45, 7) is 1.80. The first-order chi connectivity index (χ1) is 30.2. The largest absolute Gasteiger partial charge is 0.497 e. The number of allylic oxidation sites excluding steroid dienone is 2. The fourth-order valence-electron chi connectivity index (χ4n) is 8.63. The second-order valence-electron chi connectivity index (χ2n) is 16.5. The van der Waals surface area contributed by atoms with Crippen LogP contribution in [0.25, 0.3) is 17.0 Å². The van der Waals surface area contributed by atoms with Crippen molar-refractivity contribution in [2.24, 2.45) is 23.5 Å². The van der Waals surface area contributed by atoms with Crippen LogP contribution in [0.3, 0.4) is 0 Å². The van der Waals surface area contributed by atoms with Crippen LogP contribution in [0.15, 0.2) is 85.2 Å². The van der Waals surface area contributed by atoms with Crippen molar-refractivity contribution >= 4 is 35.0 Å². The normalized spacial score (nSPS) is 18.1. The summed E-state index contributed by atoms with van der Waals surface area (Å²) >= 11 is 0. The number of aromatic nitrogens is 2. The average molecular weight is 869 g/mol. The molecule has 1 saturated carbocycles. The van der Waals surface area contributed by atoms with Crippen molar-refractivity contribution in [3.05, 3.63) is 113 Å². The third kappa shape index (κ3) is 12.5. The lowest BCUT2D eigenvalue weighted by atomic mass is 9.71. The van der Waals surface area contributed by atoms with E-state index in [2.05, 4.69) is 33.6 Å². The van der Waals surface area contributed by atoms with Gasteiger partial charge in [-0.15, -0.1) is 0 Å². The number of ether oxygens (including phenoxy) is 1. The van der Waals surface area contributed by atoms with E-state index in [0.717, 1.165) is 47.8 Å². The number of carboxylic acids is 1. The Morgan fingerprint density at radius 3 is 2.19 bits per heavy atom. The van der Waals surface area contributed by atoms with E-state index >= 15 is 0 Å². The summed E-state index contributed by atoms with van der Waals surface area (Å²) in [4.78, 5) is 62.2. The molecule has 3 amide bonds. The van der Waals surface area contributed by atoms with Crippen molar-refractivity contribution in [2.45, 2.75) is 89.9 Å². The molecule has 3 aromatic carbocycles. The van der Waals surface area contributed by atoms with Crippen molar-refractivity contribution in [1.82, 2.24) is 20.2 Å². The lowest BCUT2D eigenvalue weighted by Crippen LogP contribution is -2.47. The van der Waals surface area contributed by atoms with E-state index in [1.165, 1.54) is 92.5 Å². The van der Waals surface area contributed by atoms with Gasteiger partial charge in [0.15, 0.2) is 5.82 Å². The number of aliphatic carboxylic acids is 1. The Morgan fingerprint density at radius 1 is 0.905 bits per heavy atom. The van der Waals surface area contributed by atoms with Gasteiger partial charge in [-0.05, 0) is 116 Å². The van der Waals surface area contributed by atoms with Crippen molar-refractivity contribution in [1.29, 1.82) is 0 Å². The first-order valence-electron chi connectivity index (χ1n) is 21.5. The summed E-state index contributed by atoms with van der Waals surface area (Å²) in [5.74, 6) is -0.240. The number of halogens is 3. The molecule has 1 fully saturated rings. The number of nitrogens with two attached hydrogens (primary N) is 1. The van der Waals surface area contributed by atoms with Crippen LogP contribution < -0.4 is 21.1 Å². The van der Waals surface area contributed by atoms with E-state index in [0.29, 0.717) is 11.4 Å². The number of alkyl halides is 3. The monoisotopic (exact) mass is 868 g/mol. The van der Waals surface area contributed by atoms with Gasteiger partial charge in [0.2, 0.25) is 11.8 Å². The molecule has 6 rings (SSSR count). The predicted molar refractivity (Wildman–Crippen MR) is 233 cm³/mol. The third-order valence-electron chi connectivity index (χ3n) is 12.3. The summed E-state index contributed by atoms with van der Waals surface area (Å²) in [7, 11) is 1.25. The number of carboxylic acid groups (broad SMARTS) is 1. The van der Waals surface area contributed by atoms with Crippen molar-refractivity contribution < 1.29 is 42.2 Å². The molecule has 1 unspecified atom stereocenters. The lowest BCUT2D eigenvalue weighted by molar-refractivity contribution is -0.142. The number of nitrogens with zero attached hydrogens (tertiary/aromatic N) is 3.